The Kier molecular flexibility index (Phi) is 3.54. The van der Waals surface area contributed by atoms with Gasteiger partial charge in [0.25, 0.3) is 0 Å². The molecule has 90 valence electrons. The van der Waals surface area contributed by atoms with E-state index < -0.39 is 11.6 Å². The van der Waals surface area contributed by atoms with E-state index in [0.717, 1.165) is 10.9 Å². The quantitative estimate of drug-likeness (QED) is 0.872. The predicted molar refractivity (Wildman–Crippen MR) is 67.1 cm³/mol. The molecule has 1 aromatic carbocycles. The lowest BCUT2D eigenvalue weighted by molar-refractivity contribution is 0.509. The van der Waals surface area contributed by atoms with Gasteiger partial charge in [-0.2, -0.15) is 0 Å². The summed E-state index contributed by atoms with van der Waals surface area (Å²) in [6.45, 7) is 2.06. The fourth-order valence-electron chi connectivity index (χ4n) is 1.53. The second-order valence-corrected chi connectivity index (χ2v) is 4.96. The molecule has 1 heterocycles. The molecule has 1 aromatic heterocycles. The average molecular weight is 253 g/mol. The van der Waals surface area contributed by atoms with Crippen molar-refractivity contribution in [3.8, 4) is 10.4 Å². The van der Waals surface area contributed by atoms with Gasteiger partial charge in [0.1, 0.15) is 0 Å². The Morgan fingerprint density at radius 1 is 1.12 bits per heavy atom. The average Bonchev–Trinajstić information content (AvgIpc) is 2.81. The van der Waals surface area contributed by atoms with Gasteiger partial charge in [0.2, 0.25) is 0 Å². The Bertz CT molecular complexity index is 522. The van der Waals surface area contributed by atoms with E-state index in [0.29, 0.717) is 5.56 Å². The molecule has 0 aliphatic carbocycles. The molecule has 4 heteroatoms. The van der Waals surface area contributed by atoms with Crippen LogP contribution in [-0.4, -0.2) is 7.05 Å². The van der Waals surface area contributed by atoms with Crippen molar-refractivity contribution in [1.82, 2.24) is 5.32 Å². The van der Waals surface area contributed by atoms with Gasteiger partial charge < -0.3 is 5.32 Å². The van der Waals surface area contributed by atoms with E-state index in [-0.39, 0.29) is 6.04 Å². The highest BCUT2D eigenvalue weighted by molar-refractivity contribution is 7.15. The standard InChI is InChI=1S/C13H13F2NS/c1-8(16-2)12-5-6-13(17-12)9-3-4-10(14)11(15)7-9/h3-8,16H,1-2H3. The van der Waals surface area contributed by atoms with Gasteiger partial charge in [0.05, 0.1) is 0 Å². The van der Waals surface area contributed by atoms with Gasteiger partial charge in [-0.3, -0.25) is 0 Å². The smallest absolute Gasteiger partial charge is 0.159 e. The van der Waals surface area contributed by atoms with Gasteiger partial charge in [-0.25, -0.2) is 8.78 Å². The third kappa shape index (κ3) is 2.53. The molecule has 0 fully saturated rings. The highest BCUT2D eigenvalue weighted by atomic mass is 32.1. The predicted octanol–water partition coefficient (Wildman–Crippen LogP) is 3.97. The molecule has 0 aliphatic rings. The molecule has 0 spiro atoms. The zero-order valence-electron chi connectivity index (χ0n) is 9.63. The van der Waals surface area contributed by atoms with E-state index in [1.807, 2.05) is 19.2 Å². The molecular weight excluding hydrogens is 240 g/mol. The molecule has 1 nitrogen and oxygen atoms in total. The first kappa shape index (κ1) is 12.2. The van der Waals surface area contributed by atoms with Crippen molar-refractivity contribution in [2.75, 3.05) is 7.05 Å². The van der Waals surface area contributed by atoms with E-state index in [4.69, 9.17) is 0 Å². The third-order valence-corrected chi connectivity index (χ3v) is 4.01. The van der Waals surface area contributed by atoms with Crippen LogP contribution in [-0.2, 0) is 0 Å². The van der Waals surface area contributed by atoms with Gasteiger partial charge in [0.15, 0.2) is 11.6 Å². The van der Waals surface area contributed by atoms with Crippen LogP contribution in [0.2, 0.25) is 0 Å². The van der Waals surface area contributed by atoms with E-state index in [1.165, 1.54) is 10.9 Å². The van der Waals surface area contributed by atoms with Crippen LogP contribution in [0.4, 0.5) is 8.78 Å². The number of thiophene rings is 1. The van der Waals surface area contributed by atoms with Crippen LogP contribution in [0.5, 0.6) is 0 Å². The minimum Gasteiger partial charge on any atom is -0.313 e. The Hall–Kier alpha value is -1.26. The van der Waals surface area contributed by atoms with Crippen LogP contribution in [0.25, 0.3) is 10.4 Å². The molecule has 0 saturated heterocycles. The first-order chi connectivity index (χ1) is 8.11. The van der Waals surface area contributed by atoms with Crippen LogP contribution in [0.15, 0.2) is 30.3 Å². The van der Waals surface area contributed by atoms with E-state index >= 15 is 0 Å². The molecule has 0 aliphatic heterocycles. The molecular formula is C13H13F2NS. The van der Waals surface area contributed by atoms with Crippen molar-refractivity contribution < 1.29 is 8.78 Å². The fourth-order valence-corrected chi connectivity index (χ4v) is 2.60. The molecule has 0 amide bonds. The van der Waals surface area contributed by atoms with Gasteiger partial charge in [-0.05, 0) is 43.8 Å². The summed E-state index contributed by atoms with van der Waals surface area (Å²) in [4.78, 5) is 2.12. The SMILES string of the molecule is CNC(C)c1ccc(-c2ccc(F)c(F)c2)s1. The molecule has 0 radical (unpaired) electrons. The highest BCUT2D eigenvalue weighted by Crippen LogP contribution is 2.31. The van der Waals surface area contributed by atoms with Crippen molar-refractivity contribution in [3.63, 3.8) is 0 Å². The van der Waals surface area contributed by atoms with Crippen LogP contribution in [0, 0.1) is 11.6 Å². The lowest BCUT2D eigenvalue weighted by Gasteiger charge is -2.05. The minimum absolute atomic E-state index is 0.263. The molecule has 2 rings (SSSR count). The molecule has 0 bridgehead atoms. The second-order valence-electron chi connectivity index (χ2n) is 3.84. The molecule has 17 heavy (non-hydrogen) atoms. The van der Waals surface area contributed by atoms with Crippen molar-refractivity contribution >= 4 is 11.3 Å². The first-order valence-corrected chi connectivity index (χ1v) is 6.16. The number of hydrogen-bond donors (Lipinski definition) is 1. The Morgan fingerprint density at radius 2 is 1.88 bits per heavy atom. The van der Waals surface area contributed by atoms with Gasteiger partial charge in [0, 0.05) is 15.8 Å². The summed E-state index contributed by atoms with van der Waals surface area (Å²) in [6.07, 6.45) is 0. The van der Waals surface area contributed by atoms with E-state index in [9.17, 15) is 8.78 Å². The molecule has 0 saturated carbocycles. The maximum Gasteiger partial charge on any atom is 0.159 e. The van der Waals surface area contributed by atoms with Crippen LogP contribution in [0.1, 0.15) is 17.8 Å². The molecule has 1 unspecified atom stereocenters. The lowest BCUT2D eigenvalue weighted by Crippen LogP contribution is -2.10. The zero-order valence-corrected chi connectivity index (χ0v) is 10.4. The zero-order chi connectivity index (χ0) is 12.4. The summed E-state index contributed by atoms with van der Waals surface area (Å²) in [5, 5.41) is 3.14. The van der Waals surface area contributed by atoms with E-state index in [2.05, 4.69) is 12.2 Å². The summed E-state index contributed by atoms with van der Waals surface area (Å²) in [5.41, 5.74) is 0.712. The van der Waals surface area contributed by atoms with Crippen molar-refractivity contribution in [2.45, 2.75) is 13.0 Å². The maximum atomic E-state index is 13.1. The van der Waals surface area contributed by atoms with Gasteiger partial charge in [-0.1, -0.05) is 6.07 Å². The van der Waals surface area contributed by atoms with Crippen molar-refractivity contribution in [2.24, 2.45) is 0 Å². The van der Waals surface area contributed by atoms with Crippen LogP contribution in [0.3, 0.4) is 0 Å². The second kappa shape index (κ2) is 4.94. The normalized spacial score (nSPS) is 12.7. The Labute approximate surface area is 103 Å². The number of halogens is 2. The number of nitrogens with one attached hydrogen (secondary N) is 1. The first-order valence-electron chi connectivity index (χ1n) is 5.34. The summed E-state index contributed by atoms with van der Waals surface area (Å²) >= 11 is 1.58. The summed E-state index contributed by atoms with van der Waals surface area (Å²) in [7, 11) is 1.89. The molecule has 1 atom stereocenters. The number of rotatable bonds is 3. The van der Waals surface area contributed by atoms with Crippen LogP contribution >= 0.6 is 11.3 Å². The van der Waals surface area contributed by atoms with Crippen molar-refractivity contribution in [1.29, 1.82) is 0 Å². The topological polar surface area (TPSA) is 12.0 Å². The third-order valence-electron chi connectivity index (χ3n) is 2.69. The summed E-state index contributed by atoms with van der Waals surface area (Å²) in [5.74, 6) is -1.62. The van der Waals surface area contributed by atoms with Crippen LogP contribution < -0.4 is 5.32 Å². The maximum absolute atomic E-state index is 13.1. The fraction of sp³-hybridized carbons (Fsp3) is 0.231. The van der Waals surface area contributed by atoms with Gasteiger partial charge >= 0.3 is 0 Å². The number of benzene rings is 1. The number of hydrogen-bond acceptors (Lipinski definition) is 2. The summed E-state index contributed by atoms with van der Waals surface area (Å²) < 4.78 is 25.9. The Balaban J connectivity index is 2.33. The monoisotopic (exact) mass is 253 g/mol. The highest BCUT2D eigenvalue weighted by Gasteiger charge is 2.09. The molecule has 1 N–H and O–H groups in total. The molecule has 2 aromatic rings. The summed E-state index contributed by atoms with van der Waals surface area (Å²) in [6, 6.07) is 8.18. The van der Waals surface area contributed by atoms with Crippen molar-refractivity contribution in [3.05, 3.63) is 46.8 Å². The van der Waals surface area contributed by atoms with Gasteiger partial charge in [-0.15, -0.1) is 11.3 Å². The largest absolute Gasteiger partial charge is 0.313 e. The lowest BCUT2D eigenvalue weighted by atomic mass is 10.2. The van der Waals surface area contributed by atoms with E-state index in [1.54, 1.807) is 17.4 Å². The minimum atomic E-state index is -0.811. The Morgan fingerprint density at radius 3 is 2.53 bits per heavy atom.